The van der Waals surface area contributed by atoms with Crippen molar-refractivity contribution < 1.29 is 9.53 Å². The number of carbonyl (C=O) groups excluding carboxylic acids is 1. The summed E-state index contributed by atoms with van der Waals surface area (Å²) in [5.74, 6) is 0.111. The number of likely N-dealkylation sites (N-methyl/N-ethyl adjacent to an activating group) is 1. The van der Waals surface area contributed by atoms with Crippen LogP contribution in [-0.4, -0.2) is 62.8 Å². The molecule has 2 unspecified atom stereocenters. The molecular formula is C14H27N3O2. The van der Waals surface area contributed by atoms with E-state index < -0.39 is 0 Å². The first-order valence-corrected chi connectivity index (χ1v) is 7.45. The van der Waals surface area contributed by atoms with Gasteiger partial charge in [-0.2, -0.15) is 0 Å². The fourth-order valence-electron chi connectivity index (χ4n) is 3.09. The summed E-state index contributed by atoms with van der Waals surface area (Å²) in [5, 5.41) is 6.22. The molecule has 1 saturated heterocycles. The summed E-state index contributed by atoms with van der Waals surface area (Å²) in [5.41, 5.74) is 0. The lowest BCUT2D eigenvalue weighted by atomic mass is 10.2. The standard InChI is InChI=1S/C14H27N3O2/c1-17(11-5-3-4-6-11)8-7-15-14(18)13-9-12(19-2)10-16-13/h11-13,16H,3-10H2,1-2H3,(H,15,18). The molecule has 2 aliphatic rings. The Hall–Kier alpha value is -0.650. The van der Waals surface area contributed by atoms with Crippen LogP contribution >= 0.6 is 0 Å². The van der Waals surface area contributed by atoms with Crippen LogP contribution in [-0.2, 0) is 9.53 Å². The minimum atomic E-state index is -0.0817. The van der Waals surface area contributed by atoms with Crippen molar-refractivity contribution in [2.24, 2.45) is 0 Å². The van der Waals surface area contributed by atoms with E-state index >= 15 is 0 Å². The summed E-state index contributed by atoms with van der Waals surface area (Å²) < 4.78 is 5.25. The third-order valence-corrected chi connectivity index (χ3v) is 4.45. The lowest BCUT2D eigenvalue weighted by Gasteiger charge is -2.24. The second-order valence-electron chi connectivity index (χ2n) is 5.76. The number of amides is 1. The minimum Gasteiger partial charge on any atom is -0.380 e. The van der Waals surface area contributed by atoms with Crippen LogP contribution in [0.1, 0.15) is 32.1 Å². The van der Waals surface area contributed by atoms with Gasteiger partial charge in [0.15, 0.2) is 0 Å². The number of carbonyl (C=O) groups is 1. The molecule has 19 heavy (non-hydrogen) atoms. The second kappa shape index (κ2) is 7.22. The maximum absolute atomic E-state index is 12.0. The van der Waals surface area contributed by atoms with Gasteiger partial charge in [0.05, 0.1) is 12.1 Å². The fourth-order valence-corrected chi connectivity index (χ4v) is 3.09. The third kappa shape index (κ3) is 4.16. The van der Waals surface area contributed by atoms with Gasteiger partial charge in [-0.1, -0.05) is 12.8 Å². The number of nitrogens with zero attached hydrogens (tertiary/aromatic N) is 1. The molecule has 2 atom stereocenters. The van der Waals surface area contributed by atoms with Crippen molar-refractivity contribution in [3.05, 3.63) is 0 Å². The first-order chi connectivity index (χ1) is 9.20. The molecule has 1 aliphatic heterocycles. The summed E-state index contributed by atoms with van der Waals surface area (Å²) in [4.78, 5) is 14.3. The molecule has 0 aromatic rings. The lowest BCUT2D eigenvalue weighted by molar-refractivity contribution is -0.123. The number of hydrogen-bond acceptors (Lipinski definition) is 4. The molecule has 1 heterocycles. The van der Waals surface area contributed by atoms with Crippen LogP contribution in [0.25, 0.3) is 0 Å². The van der Waals surface area contributed by atoms with Crippen LogP contribution < -0.4 is 10.6 Å². The van der Waals surface area contributed by atoms with E-state index in [2.05, 4.69) is 22.6 Å². The Morgan fingerprint density at radius 2 is 2.16 bits per heavy atom. The molecule has 0 aromatic heterocycles. The molecule has 0 spiro atoms. The normalized spacial score (nSPS) is 28.2. The highest BCUT2D eigenvalue weighted by atomic mass is 16.5. The zero-order valence-corrected chi connectivity index (χ0v) is 12.2. The highest BCUT2D eigenvalue weighted by Crippen LogP contribution is 2.21. The smallest absolute Gasteiger partial charge is 0.237 e. The number of ether oxygens (including phenoxy) is 1. The van der Waals surface area contributed by atoms with Gasteiger partial charge in [0.2, 0.25) is 5.91 Å². The maximum atomic E-state index is 12.0. The Bertz CT molecular complexity index is 292. The van der Waals surface area contributed by atoms with Gasteiger partial charge in [-0.3, -0.25) is 4.79 Å². The Morgan fingerprint density at radius 1 is 1.42 bits per heavy atom. The topological polar surface area (TPSA) is 53.6 Å². The summed E-state index contributed by atoms with van der Waals surface area (Å²) in [6.07, 6.45) is 6.28. The van der Waals surface area contributed by atoms with Crippen molar-refractivity contribution in [2.75, 3.05) is 33.8 Å². The van der Waals surface area contributed by atoms with E-state index in [1.807, 2.05) is 0 Å². The Balaban J connectivity index is 1.61. The zero-order chi connectivity index (χ0) is 13.7. The summed E-state index contributed by atoms with van der Waals surface area (Å²) in [6.45, 7) is 2.45. The minimum absolute atomic E-state index is 0.0817. The molecule has 1 amide bonds. The van der Waals surface area contributed by atoms with Gasteiger partial charge >= 0.3 is 0 Å². The van der Waals surface area contributed by atoms with Gasteiger partial charge in [0.1, 0.15) is 0 Å². The van der Waals surface area contributed by atoms with Gasteiger partial charge in [-0.15, -0.1) is 0 Å². The largest absolute Gasteiger partial charge is 0.380 e. The highest BCUT2D eigenvalue weighted by molar-refractivity contribution is 5.82. The molecular weight excluding hydrogens is 242 g/mol. The lowest BCUT2D eigenvalue weighted by Crippen LogP contribution is -2.44. The summed E-state index contributed by atoms with van der Waals surface area (Å²) in [7, 11) is 3.86. The van der Waals surface area contributed by atoms with Crippen molar-refractivity contribution in [3.8, 4) is 0 Å². The number of methoxy groups -OCH3 is 1. The van der Waals surface area contributed by atoms with E-state index in [9.17, 15) is 4.79 Å². The second-order valence-corrected chi connectivity index (χ2v) is 5.76. The fraction of sp³-hybridized carbons (Fsp3) is 0.929. The molecule has 5 heteroatoms. The number of rotatable bonds is 6. The molecule has 110 valence electrons. The SMILES string of the molecule is COC1CNC(C(=O)NCCN(C)C2CCCC2)C1. The Morgan fingerprint density at radius 3 is 2.79 bits per heavy atom. The van der Waals surface area contributed by atoms with Crippen molar-refractivity contribution in [3.63, 3.8) is 0 Å². The number of hydrogen-bond donors (Lipinski definition) is 2. The average molecular weight is 269 g/mol. The summed E-state index contributed by atoms with van der Waals surface area (Å²) in [6, 6.07) is 0.640. The first-order valence-electron chi connectivity index (χ1n) is 7.45. The van der Waals surface area contributed by atoms with E-state index in [1.54, 1.807) is 7.11 Å². The van der Waals surface area contributed by atoms with E-state index in [1.165, 1.54) is 25.7 Å². The Labute approximate surface area is 116 Å². The van der Waals surface area contributed by atoms with Crippen LogP contribution in [0.15, 0.2) is 0 Å². The molecule has 0 radical (unpaired) electrons. The molecule has 2 N–H and O–H groups in total. The predicted molar refractivity (Wildman–Crippen MR) is 75.1 cm³/mol. The Kier molecular flexibility index (Phi) is 5.60. The predicted octanol–water partition coefficient (Wildman–Crippen LogP) is 0.354. The van der Waals surface area contributed by atoms with Crippen LogP contribution in [0.4, 0.5) is 0 Å². The van der Waals surface area contributed by atoms with Gasteiger partial charge in [-0.05, 0) is 26.3 Å². The van der Waals surface area contributed by atoms with Gasteiger partial charge < -0.3 is 20.3 Å². The quantitative estimate of drug-likeness (QED) is 0.731. The highest BCUT2D eigenvalue weighted by Gasteiger charge is 2.29. The van der Waals surface area contributed by atoms with Crippen LogP contribution in [0.3, 0.4) is 0 Å². The van der Waals surface area contributed by atoms with Crippen molar-refractivity contribution >= 4 is 5.91 Å². The molecule has 0 bridgehead atoms. The van der Waals surface area contributed by atoms with Crippen LogP contribution in [0.2, 0.25) is 0 Å². The van der Waals surface area contributed by atoms with Gasteiger partial charge in [0.25, 0.3) is 0 Å². The van der Waals surface area contributed by atoms with Crippen molar-refractivity contribution in [1.29, 1.82) is 0 Å². The van der Waals surface area contributed by atoms with Crippen molar-refractivity contribution in [1.82, 2.24) is 15.5 Å². The van der Waals surface area contributed by atoms with Gasteiger partial charge in [0, 0.05) is 32.8 Å². The molecule has 1 aliphatic carbocycles. The van der Waals surface area contributed by atoms with E-state index in [0.717, 1.165) is 32.1 Å². The number of nitrogens with one attached hydrogen (secondary N) is 2. The van der Waals surface area contributed by atoms with Crippen LogP contribution in [0.5, 0.6) is 0 Å². The average Bonchev–Trinajstić information content (AvgIpc) is 3.09. The molecule has 1 saturated carbocycles. The van der Waals surface area contributed by atoms with E-state index in [-0.39, 0.29) is 18.1 Å². The molecule has 2 fully saturated rings. The molecule has 5 nitrogen and oxygen atoms in total. The monoisotopic (exact) mass is 269 g/mol. The van der Waals surface area contributed by atoms with E-state index in [4.69, 9.17) is 4.74 Å². The summed E-state index contributed by atoms with van der Waals surface area (Å²) >= 11 is 0. The molecule has 2 rings (SSSR count). The van der Waals surface area contributed by atoms with Crippen LogP contribution in [0, 0.1) is 0 Å². The van der Waals surface area contributed by atoms with E-state index in [0.29, 0.717) is 0 Å². The molecule has 0 aromatic carbocycles. The first kappa shape index (κ1) is 14.8. The zero-order valence-electron chi connectivity index (χ0n) is 12.2. The van der Waals surface area contributed by atoms with Gasteiger partial charge in [-0.25, -0.2) is 0 Å². The maximum Gasteiger partial charge on any atom is 0.237 e. The third-order valence-electron chi connectivity index (χ3n) is 4.45. The van der Waals surface area contributed by atoms with Crippen molar-refractivity contribution in [2.45, 2.75) is 50.3 Å².